The number of ether oxygens (including phenoxy) is 1. The molecule has 1 rings (SSSR count). The maximum Gasteiger partial charge on any atom is 0.302 e. The number of para-hydroxylation sites is 1. The number of nitrogens with zero attached hydrogens (tertiary/aromatic N) is 1. The predicted molar refractivity (Wildman–Crippen MR) is 86.6 cm³/mol. The lowest BCUT2D eigenvalue weighted by Crippen LogP contribution is -2.26. The van der Waals surface area contributed by atoms with Crippen LogP contribution in [0.2, 0.25) is 0 Å². The number of rotatable bonds is 7. The third-order valence-corrected chi connectivity index (χ3v) is 4.56. The SMILES string of the molecule is C=C(C)C(Sc1ccccc1N(C)C=O)C(C)OC(C)=O. The average Bonchev–Trinajstić information content (AvgIpc) is 2.43. The second-order valence-electron chi connectivity index (χ2n) is 4.88. The third-order valence-electron chi connectivity index (χ3n) is 2.92. The molecule has 0 heterocycles. The van der Waals surface area contributed by atoms with Crippen molar-refractivity contribution in [2.24, 2.45) is 0 Å². The Labute approximate surface area is 130 Å². The zero-order valence-corrected chi connectivity index (χ0v) is 13.6. The number of carbonyl (C=O) groups excluding carboxylic acids is 2. The Bertz CT molecular complexity index is 530. The molecule has 2 unspecified atom stereocenters. The molecule has 0 saturated heterocycles. The van der Waals surface area contributed by atoms with Gasteiger partial charge in [0.2, 0.25) is 6.41 Å². The Hall–Kier alpha value is -1.75. The van der Waals surface area contributed by atoms with Gasteiger partial charge in [0.15, 0.2) is 0 Å². The van der Waals surface area contributed by atoms with Crippen molar-refractivity contribution in [3.63, 3.8) is 0 Å². The van der Waals surface area contributed by atoms with Gasteiger partial charge >= 0.3 is 5.97 Å². The van der Waals surface area contributed by atoms with Gasteiger partial charge in [-0.25, -0.2) is 0 Å². The molecule has 0 bridgehead atoms. The minimum absolute atomic E-state index is 0.0740. The minimum atomic E-state index is -0.312. The van der Waals surface area contributed by atoms with Crippen LogP contribution < -0.4 is 4.90 Å². The Morgan fingerprint density at radius 1 is 1.38 bits per heavy atom. The Kier molecular flexibility index (Phi) is 6.49. The first-order valence-electron chi connectivity index (χ1n) is 6.63. The molecular formula is C16H21NO3S. The molecule has 1 amide bonds. The van der Waals surface area contributed by atoms with Crippen LogP contribution in [-0.4, -0.2) is 30.8 Å². The Morgan fingerprint density at radius 3 is 2.52 bits per heavy atom. The fourth-order valence-electron chi connectivity index (χ4n) is 1.96. The normalized spacial score (nSPS) is 13.1. The van der Waals surface area contributed by atoms with Crippen LogP contribution in [0.1, 0.15) is 20.8 Å². The number of carbonyl (C=O) groups is 2. The molecule has 0 aliphatic rings. The van der Waals surface area contributed by atoms with Gasteiger partial charge in [-0.15, -0.1) is 11.8 Å². The van der Waals surface area contributed by atoms with E-state index in [1.54, 1.807) is 7.05 Å². The lowest BCUT2D eigenvalue weighted by atomic mass is 10.1. The van der Waals surface area contributed by atoms with E-state index in [4.69, 9.17) is 4.74 Å². The highest BCUT2D eigenvalue weighted by molar-refractivity contribution is 8.00. The summed E-state index contributed by atoms with van der Waals surface area (Å²) < 4.78 is 5.27. The Balaban J connectivity index is 3.02. The molecule has 1 aromatic rings. The van der Waals surface area contributed by atoms with E-state index in [-0.39, 0.29) is 17.3 Å². The summed E-state index contributed by atoms with van der Waals surface area (Å²) in [5.74, 6) is -0.312. The highest BCUT2D eigenvalue weighted by Gasteiger charge is 2.23. The van der Waals surface area contributed by atoms with Gasteiger partial charge < -0.3 is 9.64 Å². The molecule has 0 aliphatic heterocycles. The van der Waals surface area contributed by atoms with Gasteiger partial charge in [0.05, 0.1) is 10.9 Å². The molecule has 0 radical (unpaired) electrons. The van der Waals surface area contributed by atoms with Gasteiger partial charge in [-0.1, -0.05) is 24.3 Å². The van der Waals surface area contributed by atoms with E-state index in [0.717, 1.165) is 22.6 Å². The van der Waals surface area contributed by atoms with E-state index in [9.17, 15) is 9.59 Å². The summed E-state index contributed by atoms with van der Waals surface area (Å²) in [4.78, 5) is 24.6. The highest BCUT2D eigenvalue weighted by atomic mass is 32.2. The van der Waals surface area contributed by atoms with Crippen LogP contribution in [0.5, 0.6) is 0 Å². The molecule has 0 spiro atoms. The summed E-state index contributed by atoms with van der Waals surface area (Å²) >= 11 is 1.54. The molecule has 0 aromatic heterocycles. The van der Waals surface area contributed by atoms with Crippen molar-refractivity contribution in [1.29, 1.82) is 0 Å². The second-order valence-corrected chi connectivity index (χ2v) is 6.07. The van der Waals surface area contributed by atoms with E-state index in [1.807, 2.05) is 38.1 Å². The maximum absolute atomic E-state index is 11.1. The van der Waals surface area contributed by atoms with Crippen molar-refractivity contribution in [3.05, 3.63) is 36.4 Å². The van der Waals surface area contributed by atoms with E-state index in [2.05, 4.69) is 6.58 Å². The molecular weight excluding hydrogens is 286 g/mol. The van der Waals surface area contributed by atoms with Gasteiger partial charge in [-0.3, -0.25) is 9.59 Å². The van der Waals surface area contributed by atoms with Crippen LogP contribution in [0, 0.1) is 0 Å². The molecule has 4 nitrogen and oxygen atoms in total. The number of esters is 1. The van der Waals surface area contributed by atoms with Gasteiger partial charge in [0.25, 0.3) is 0 Å². The van der Waals surface area contributed by atoms with Crippen LogP contribution in [0.3, 0.4) is 0 Å². The number of hydrogen-bond donors (Lipinski definition) is 0. The Morgan fingerprint density at radius 2 is 2.00 bits per heavy atom. The van der Waals surface area contributed by atoms with Gasteiger partial charge in [-0.05, 0) is 26.0 Å². The largest absolute Gasteiger partial charge is 0.461 e. The van der Waals surface area contributed by atoms with Gasteiger partial charge in [-0.2, -0.15) is 0 Å². The molecule has 0 fully saturated rings. The number of hydrogen-bond acceptors (Lipinski definition) is 4. The summed E-state index contributed by atoms with van der Waals surface area (Å²) in [7, 11) is 1.71. The van der Waals surface area contributed by atoms with E-state index >= 15 is 0 Å². The maximum atomic E-state index is 11.1. The summed E-state index contributed by atoms with van der Waals surface area (Å²) in [6, 6.07) is 7.61. The first-order valence-corrected chi connectivity index (χ1v) is 7.51. The number of thioether (sulfide) groups is 1. The minimum Gasteiger partial charge on any atom is -0.461 e. The van der Waals surface area contributed by atoms with Gasteiger partial charge in [0, 0.05) is 18.9 Å². The lowest BCUT2D eigenvalue weighted by molar-refractivity contribution is -0.145. The standard InChI is InChI=1S/C16H21NO3S/c1-11(2)16(12(3)20-13(4)19)21-15-9-7-6-8-14(15)17(5)10-18/h6-10,12,16H,1H2,2-5H3. The number of amides is 1. The van der Waals surface area contributed by atoms with Crippen molar-refractivity contribution in [2.75, 3.05) is 11.9 Å². The van der Waals surface area contributed by atoms with Crippen molar-refractivity contribution >= 4 is 29.8 Å². The molecule has 21 heavy (non-hydrogen) atoms. The third kappa shape index (κ3) is 4.93. The fraction of sp³-hybridized carbons (Fsp3) is 0.375. The van der Waals surface area contributed by atoms with E-state index in [0.29, 0.717) is 0 Å². The molecule has 114 valence electrons. The van der Waals surface area contributed by atoms with Crippen LogP contribution >= 0.6 is 11.8 Å². The number of anilines is 1. The van der Waals surface area contributed by atoms with Crippen molar-refractivity contribution < 1.29 is 14.3 Å². The molecule has 0 aliphatic carbocycles. The van der Waals surface area contributed by atoms with E-state index in [1.165, 1.54) is 23.6 Å². The highest BCUT2D eigenvalue weighted by Crippen LogP contribution is 2.36. The summed E-state index contributed by atoms with van der Waals surface area (Å²) in [5.41, 5.74) is 1.73. The van der Waals surface area contributed by atoms with Crippen LogP contribution in [-0.2, 0) is 14.3 Å². The van der Waals surface area contributed by atoms with E-state index < -0.39 is 0 Å². The smallest absolute Gasteiger partial charge is 0.302 e. The molecule has 0 saturated carbocycles. The molecule has 2 atom stereocenters. The number of benzene rings is 1. The zero-order valence-electron chi connectivity index (χ0n) is 12.8. The first-order chi connectivity index (χ1) is 9.86. The molecule has 5 heteroatoms. The van der Waals surface area contributed by atoms with Gasteiger partial charge in [0.1, 0.15) is 6.10 Å². The van der Waals surface area contributed by atoms with Crippen LogP contribution in [0.4, 0.5) is 5.69 Å². The average molecular weight is 307 g/mol. The van der Waals surface area contributed by atoms with Crippen LogP contribution in [0.15, 0.2) is 41.3 Å². The predicted octanol–water partition coefficient (Wildman–Crippen LogP) is 3.27. The quantitative estimate of drug-likeness (QED) is 0.336. The monoisotopic (exact) mass is 307 g/mol. The molecule has 0 N–H and O–H groups in total. The zero-order chi connectivity index (χ0) is 16.0. The summed E-state index contributed by atoms with van der Waals surface area (Å²) in [5, 5.41) is -0.0740. The fourth-order valence-corrected chi connectivity index (χ4v) is 3.17. The lowest BCUT2D eigenvalue weighted by Gasteiger charge is -2.25. The topological polar surface area (TPSA) is 46.6 Å². The molecule has 1 aromatic carbocycles. The summed E-state index contributed by atoms with van der Waals surface area (Å²) in [6.45, 7) is 9.13. The van der Waals surface area contributed by atoms with Crippen molar-refractivity contribution in [1.82, 2.24) is 0 Å². The van der Waals surface area contributed by atoms with Crippen molar-refractivity contribution in [2.45, 2.75) is 37.0 Å². The van der Waals surface area contributed by atoms with Crippen molar-refractivity contribution in [3.8, 4) is 0 Å². The second kappa shape index (κ2) is 7.88. The van der Waals surface area contributed by atoms with Crippen LogP contribution in [0.25, 0.3) is 0 Å². The summed E-state index contributed by atoms with van der Waals surface area (Å²) in [6.07, 6.45) is 0.476. The first kappa shape index (κ1) is 17.3.